The minimum absolute atomic E-state index is 0.639. The molecule has 0 amide bonds. The normalized spacial score (nSPS) is 11.8. The van der Waals surface area contributed by atoms with Crippen LogP contribution in [0.1, 0.15) is 0 Å². The Balaban J connectivity index is 1.15. The minimum Gasteiger partial charge on any atom is -0.309 e. The highest BCUT2D eigenvalue weighted by Crippen LogP contribution is 2.38. The Labute approximate surface area is 365 Å². The van der Waals surface area contributed by atoms with E-state index in [1.807, 2.05) is 12.3 Å². The molecule has 0 bridgehead atoms. The summed E-state index contributed by atoms with van der Waals surface area (Å²) < 4.78 is 4.58. The maximum Gasteiger partial charge on any atom is 0.179 e. The summed E-state index contributed by atoms with van der Waals surface area (Å²) in [7, 11) is -2.85. The highest BCUT2D eigenvalue weighted by molar-refractivity contribution is 7.19. The molecule has 63 heavy (non-hydrogen) atoms. The van der Waals surface area contributed by atoms with Gasteiger partial charge in [-0.05, 0) is 57.1 Å². The van der Waals surface area contributed by atoms with Crippen LogP contribution >= 0.6 is 0 Å². The smallest absolute Gasteiger partial charge is 0.179 e. The second-order valence-corrected chi connectivity index (χ2v) is 19.8. The topological polar surface area (TPSA) is 48.5 Å². The number of hydrogen-bond donors (Lipinski definition) is 0. The fraction of sp³-hybridized carbons (Fsp3) is 0. The highest BCUT2D eigenvalue weighted by Gasteiger charge is 2.41. The molecule has 12 aromatic rings. The molecule has 6 heteroatoms. The lowest BCUT2D eigenvalue weighted by Crippen LogP contribution is -2.74. The molecule has 0 N–H and O–H groups in total. The maximum absolute atomic E-state index is 5.57. The molecule has 0 aliphatic heterocycles. The molecule has 4 heterocycles. The van der Waals surface area contributed by atoms with Gasteiger partial charge >= 0.3 is 0 Å². The monoisotopic (exact) mass is 821 g/mol. The van der Waals surface area contributed by atoms with Crippen LogP contribution in [0.15, 0.2) is 237 Å². The van der Waals surface area contributed by atoms with Crippen molar-refractivity contribution in [1.29, 1.82) is 0 Å². The predicted molar refractivity (Wildman–Crippen MR) is 263 cm³/mol. The second-order valence-electron chi connectivity index (χ2n) is 16.0. The van der Waals surface area contributed by atoms with Crippen molar-refractivity contribution in [3.63, 3.8) is 0 Å². The van der Waals surface area contributed by atoms with Crippen LogP contribution in [0, 0.1) is 0 Å². The van der Waals surface area contributed by atoms with Gasteiger partial charge < -0.3 is 4.57 Å². The van der Waals surface area contributed by atoms with Crippen LogP contribution < -0.4 is 20.7 Å². The SMILES string of the molecule is c1ccc([Si](c2ccccc2)(c2ccccc2)c2cccc(-c3nc(-c4ccccc4-n4c5ccccc5c5ccccc54)cc(-n4c5ccccc5c5cccnc54)n3)c2)cc1. The van der Waals surface area contributed by atoms with Gasteiger partial charge in [-0.25, -0.2) is 15.0 Å². The fourth-order valence-corrected chi connectivity index (χ4v) is 14.7. The molecule has 0 radical (unpaired) electrons. The van der Waals surface area contributed by atoms with Crippen molar-refractivity contribution < 1.29 is 0 Å². The molecule has 0 spiro atoms. The number of rotatable bonds is 8. The van der Waals surface area contributed by atoms with E-state index in [4.69, 9.17) is 15.0 Å². The Morgan fingerprint density at radius 3 is 1.48 bits per heavy atom. The molecule has 8 aromatic carbocycles. The molecule has 0 aliphatic carbocycles. The minimum atomic E-state index is -2.85. The van der Waals surface area contributed by atoms with Gasteiger partial charge in [0.25, 0.3) is 0 Å². The van der Waals surface area contributed by atoms with Gasteiger partial charge in [0.05, 0.1) is 27.9 Å². The first-order chi connectivity index (χ1) is 31.3. The summed E-state index contributed by atoms with van der Waals surface area (Å²) in [6.07, 6.45) is 1.86. The van der Waals surface area contributed by atoms with Gasteiger partial charge in [-0.3, -0.25) is 4.57 Å². The standard InChI is InChI=1S/C57H39N5Si/c1-4-21-41(22-5-1)63(42-23-6-2-7-24-42,43-25-8-3-9-26-43)44-27-18-20-40(38-44)56-59-50(39-55(60-56)62-53-35-16-12-30-47(53)48-32-19-37-58-57(48)62)49-31-13-17-36-54(49)61-51-33-14-10-28-45(51)46-29-11-15-34-52(46)61/h1-39H. The first-order valence-corrected chi connectivity index (χ1v) is 23.4. The molecule has 0 unspecified atom stereocenters. The van der Waals surface area contributed by atoms with Gasteiger partial charge in [0, 0.05) is 44.9 Å². The Morgan fingerprint density at radius 2 is 0.857 bits per heavy atom. The van der Waals surface area contributed by atoms with Crippen LogP contribution in [0.5, 0.6) is 0 Å². The van der Waals surface area contributed by atoms with Crippen LogP contribution in [0.2, 0.25) is 0 Å². The van der Waals surface area contributed by atoms with E-state index in [-0.39, 0.29) is 0 Å². The molecule has 0 atom stereocenters. The summed E-state index contributed by atoms with van der Waals surface area (Å²) in [6, 6.07) is 82.9. The van der Waals surface area contributed by atoms with E-state index in [0.717, 1.165) is 61.3 Å². The molecule has 4 aromatic heterocycles. The number of aromatic nitrogens is 5. The zero-order valence-electron chi connectivity index (χ0n) is 34.3. The van der Waals surface area contributed by atoms with Gasteiger partial charge in [-0.1, -0.05) is 188 Å². The summed E-state index contributed by atoms with van der Waals surface area (Å²) in [4.78, 5) is 16.1. The molecule has 0 saturated carbocycles. The zero-order chi connectivity index (χ0) is 41.7. The van der Waals surface area contributed by atoms with E-state index in [2.05, 4.69) is 234 Å². The third kappa shape index (κ3) is 5.87. The third-order valence-corrected chi connectivity index (χ3v) is 17.3. The molecule has 12 rings (SSSR count). The zero-order valence-corrected chi connectivity index (χ0v) is 35.3. The Kier molecular flexibility index (Phi) is 8.76. The fourth-order valence-electron chi connectivity index (χ4n) is 9.87. The molecule has 0 saturated heterocycles. The number of benzene rings is 8. The van der Waals surface area contributed by atoms with Crippen LogP contribution in [0.3, 0.4) is 0 Å². The van der Waals surface area contributed by atoms with Gasteiger partial charge in [-0.15, -0.1) is 0 Å². The average Bonchev–Trinajstić information content (AvgIpc) is 3.88. The van der Waals surface area contributed by atoms with Crippen molar-refractivity contribution in [3.8, 4) is 34.2 Å². The van der Waals surface area contributed by atoms with Gasteiger partial charge in [-0.2, -0.15) is 0 Å². The number of para-hydroxylation sites is 4. The van der Waals surface area contributed by atoms with E-state index in [1.54, 1.807) is 0 Å². The largest absolute Gasteiger partial charge is 0.309 e. The summed E-state index contributed by atoms with van der Waals surface area (Å²) in [5, 5.41) is 9.81. The van der Waals surface area contributed by atoms with Gasteiger partial charge in [0.15, 0.2) is 13.9 Å². The van der Waals surface area contributed by atoms with Crippen molar-refractivity contribution in [3.05, 3.63) is 237 Å². The van der Waals surface area contributed by atoms with Crippen molar-refractivity contribution in [2.45, 2.75) is 0 Å². The van der Waals surface area contributed by atoms with Crippen molar-refractivity contribution in [1.82, 2.24) is 24.1 Å². The summed E-state index contributed by atoms with van der Waals surface area (Å²) in [5.74, 6) is 1.39. The quantitative estimate of drug-likeness (QED) is 0.113. The van der Waals surface area contributed by atoms with Crippen molar-refractivity contribution >= 4 is 72.6 Å². The Morgan fingerprint density at radius 1 is 0.365 bits per heavy atom. The van der Waals surface area contributed by atoms with E-state index in [0.29, 0.717) is 5.82 Å². The van der Waals surface area contributed by atoms with Gasteiger partial charge in [0.1, 0.15) is 11.5 Å². The molecular formula is C57H39N5Si. The third-order valence-electron chi connectivity index (χ3n) is 12.6. The lowest BCUT2D eigenvalue weighted by molar-refractivity contribution is 1.03. The first-order valence-electron chi connectivity index (χ1n) is 21.4. The molecule has 0 aliphatic rings. The first kappa shape index (κ1) is 36.6. The van der Waals surface area contributed by atoms with Crippen LogP contribution in [-0.4, -0.2) is 32.2 Å². The van der Waals surface area contributed by atoms with E-state index < -0.39 is 8.07 Å². The highest BCUT2D eigenvalue weighted by atomic mass is 28.3. The second kappa shape index (κ2) is 15.1. The van der Waals surface area contributed by atoms with Crippen LogP contribution in [-0.2, 0) is 0 Å². The lowest BCUT2D eigenvalue weighted by atomic mass is 10.1. The molecule has 296 valence electrons. The van der Waals surface area contributed by atoms with Crippen LogP contribution in [0.4, 0.5) is 0 Å². The number of fused-ring (bicyclic) bond motifs is 6. The summed E-state index contributed by atoms with van der Waals surface area (Å²) >= 11 is 0. The van der Waals surface area contributed by atoms with Gasteiger partial charge in [0.2, 0.25) is 0 Å². The van der Waals surface area contributed by atoms with Crippen molar-refractivity contribution in [2.75, 3.05) is 0 Å². The van der Waals surface area contributed by atoms with Crippen LogP contribution in [0.25, 0.3) is 77.9 Å². The average molecular weight is 822 g/mol. The predicted octanol–water partition coefficient (Wildman–Crippen LogP) is 10.8. The molecule has 5 nitrogen and oxygen atoms in total. The molecular weight excluding hydrogens is 783 g/mol. The lowest BCUT2D eigenvalue weighted by Gasteiger charge is -2.34. The number of hydrogen-bond acceptors (Lipinski definition) is 3. The van der Waals surface area contributed by atoms with E-state index >= 15 is 0 Å². The van der Waals surface area contributed by atoms with E-state index in [1.165, 1.54) is 31.5 Å². The number of nitrogens with zero attached hydrogens (tertiary/aromatic N) is 5. The summed E-state index contributed by atoms with van der Waals surface area (Å²) in [6.45, 7) is 0. The van der Waals surface area contributed by atoms with Crippen molar-refractivity contribution in [2.24, 2.45) is 0 Å². The Hall–Kier alpha value is -8.19. The Bertz CT molecular complexity index is 3430. The summed E-state index contributed by atoms with van der Waals surface area (Å²) in [5.41, 5.74) is 7.98. The molecule has 0 fully saturated rings. The van der Waals surface area contributed by atoms with E-state index in [9.17, 15) is 0 Å². The number of pyridine rings is 1. The maximum atomic E-state index is 5.57.